The van der Waals surface area contributed by atoms with Gasteiger partial charge in [0.2, 0.25) is 0 Å². The van der Waals surface area contributed by atoms with Gasteiger partial charge >= 0.3 is 0 Å². The second kappa shape index (κ2) is 10.9. The van der Waals surface area contributed by atoms with Crippen LogP contribution in [0.3, 0.4) is 0 Å². The molecule has 0 spiro atoms. The van der Waals surface area contributed by atoms with Gasteiger partial charge in [0, 0.05) is 16.6 Å². The highest BCUT2D eigenvalue weighted by Gasteiger charge is 2.07. The monoisotopic (exact) mass is 459 g/mol. The number of unbranched alkanes of at least 4 members (excludes halogenated alkanes) is 1. The highest BCUT2D eigenvalue weighted by molar-refractivity contribution is 5.84. The summed E-state index contributed by atoms with van der Waals surface area (Å²) in [4.78, 5) is 4.42. The summed E-state index contributed by atoms with van der Waals surface area (Å²) < 4.78 is 47.4. The zero-order valence-electron chi connectivity index (χ0n) is 18.9. The molecule has 1 heterocycles. The van der Waals surface area contributed by atoms with Crippen LogP contribution in [-0.4, -0.2) is 11.6 Å². The van der Waals surface area contributed by atoms with Gasteiger partial charge in [-0.15, -0.1) is 0 Å². The number of aromatic nitrogens is 1. The zero-order chi connectivity index (χ0) is 23.9. The molecule has 0 aliphatic carbocycles. The highest BCUT2D eigenvalue weighted by atomic mass is 19.2. The van der Waals surface area contributed by atoms with E-state index in [-0.39, 0.29) is 10.9 Å². The number of fused-ring (bicyclic) bond motifs is 1. The van der Waals surface area contributed by atoms with Crippen molar-refractivity contribution in [2.75, 3.05) is 6.61 Å². The maximum atomic E-state index is 14.6. The van der Waals surface area contributed by atoms with Crippen LogP contribution in [0.15, 0.2) is 66.9 Å². The summed E-state index contributed by atoms with van der Waals surface area (Å²) in [5.41, 5.74) is 2.65. The maximum Gasteiger partial charge on any atom is 0.166 e. The largest absolute Gasteiger partial charge is 0.492 e. The summed E-state index contributed by atoms with van der Waals surface area (Å²) in [7, 11) is 0. The molecule has 1 aromatic heterocycles. The van der Waals surface area contributed by atoms with Gasteiger partial charge in [-0.2, -0.15) is 0 Å². The van der Waals surface area contributed by atoms with Gasteiger partial charge in [-0.05, 0) is 72.7 Å². The third-order valence-corrected chi connectivity index (χ3v) is 5.52. The minimum absolute atomic E-state index is 0.189. The van der Waals surface area contributed by atoms with Crippen molar-refractivity contribution in [1.29, 1.82) is 0 Å². The lowest BCUT2D eigenvalue weighted by atomic mass is 10.0. The van der Waals surface area contributed by atoms with Crippen molar-refractivity contribution in [1.82, 2.24) is 4.98 Å². The van der Waals surface area contributed by atoms with E-state index in [2.05, 4.69) is 23.7 Å². The Morgan fingerprint density at radius 3 is 2.50 bits per heavy atom. The van der Waals surface area contributed by atoms with E-state index < -0.39 is 17.5 Å². The fourth-order valence-electron chi connectivity index (χ4n) is 3.55. The summed E-state index contributed by atoms with van der Waals surface area (Å²) in [6, 6.07) is 16.2. The lowest BCUT2D eigenvalue weighted by Gasteiger charge is -2.06. The number of pyridine rings is 1. The molecule has 0 unspecified atom stereocenters. The predicted octanol–water partition coefficient (Wildman–Crippen LogP) is 7.02. The number of hydrogen-bond acceptors (Lipinski definition) is 2. The average molecular weight is 460 g/mol. The van der Waals surface area contributed by atoms with E-state index in [4.69, 9.17) is 4.74 Å². The molecule has 0 N–H and O–H groups in total. The van der Waals surface area contributed by atoms with Gasteiger partial charge in [-0.1, -0.05) is 43.4 Å². The quantitative estimate of drug-likeness (QED) is 0.219. The van der Waals surface area contributed by atoms with Crippen LogP contribution in [0.2, 0.25) is 0 Å². The maximum absolute atomic E-state index is 14.6. The zero-order valence-corrected chi connectivity index (χ0v) is 18.9. The van der Waals surface area contributed by atoms with Crippen LogP contribution in [0.1, 0.15) is 42.1 Å². The first-order valence-corrected chi connectivity index (χ1v) is 11.3. The van der Waals surface area contributed by atoms with Crippen LogP contribution in [-0.2, 0) is 12.8 Å². The Balaban J connectivity index is 1.40. The van der Waals surface area contributed by atoms with Crippen molar-refractivity contribution in [3.63, 3.8) is 0 Å². The standard InChI is InChI=1S/C29H24F3NO/c1-2-3-16-34-25-13-12-24(33-19-25)11-6-21-5-9-22(28(31)18-21)8-4-20-7-14-26-23(17-20)10-15-27(30)29(26)32/h5,7,9-10,12-15,17-19H,2-3,6,11,16H2,1H3. The van der Waals surface area contributed by atoms with E-state index in [1.165, 1.54) is 18.2 Å². The third kappa shape index (κ3) is 5.77. The minimum atomic E-state index is -0.891. The van der Waals surface area contributed by atoms with Gasteiger partial charge in [0.1, 0.15) is 11.6 Å². The van der Waals surface area contributed by atoms with Crippen molar-refractivity contribution in [3.8, 4) is 17.6 Å². The molecule has 3 aromatic carbocycles. The Kier molecular flexibility index (Phi) is 7.49. The molecule has 0 atom stereocenters. The molecule has 4 rings (SSSR count). The molecule has 0 aliphatic rings. The number of rotatable bonds is 7. The van der Waals surface area contributed by atoms with E-state index in [9.17, 15) is 13.2 Å². The number of halogens is 3. The predicted molar refractivity (Wildman–Crippen MR) is 128 cm³/mol. The number of benzene rings is 3. The van der Waals surface area contributed by atoms with Gasteiger partial charge < -0.3 is 4.74 Å². The van der Waals surface area contributed by atoms with Crippen molar-refractivity contribution < 1.29 is 17.9 Å². The van der Waals surface area contributed by atoms with Crippen LogP contribution in [0.4, 0.5) is 13.2 Å². The number of hydrogen-bond donors (Lipinski definition) is 0. The first-order valence-electron chi connectivity index (χ1n) is 11.3. The Morgan fingerprint density at radius 1 is 0.853 bits per heavy atom. The van der Waals surface area contributed by atoms with Gasteiger partial charge in [0.05, 0.1) is 18.4 Å². The van der Waals surface area contributed by atoms with Crippen molar-refractivity contribution >= 4 is 10.8 Å². The normalized spacial score (nSPS) is 10.7. The first-order chi connectivity index (χ1) is 16.5. The van der Waals surface area contributed by atoms with Crippen LogP contribution < -0.4 is 4.74 Å². The third-order valence-electron chi connectivity index (χ3n) is 5.52. The van der Waals surface area contributed by atoms with Gasteiger partial charge in [0.25, 0.3) is 0 Å². The Hall–Kier alpha value is -3.78. The number of ether oxygens (including phenoxy) is 1. The minimum Gasteiger partial charge on any atom is -0.492 e. The lowest BCUT2D eigenvalue weighted by Crippen LogP contribution is -1.99. The van der Waals surface area contributed by atoms with E-state index in [0.717, 1.165) is 35.9 Å². The summed E-state index contributed by atoms with van der Waals surface area (Å²) >= 11 is 0. The van der Waals surface area contributed by atoms with Crippen LogP contribution in [0, 0.1) is 29.3 Å². The molecule has 172 valence electrons. The van der Waals surface area contributed by atoms with Crippen molar-refractivity contribution in [2.45, 2.75) is 32.6 Å². The van der Waals surface area contributed by atoms with E-state index in [1.54, 1.807) is 24.4 Å². The number of aryl methyl sites for hydroxylation is 2. The van der Waals surface area contributed by atoms with Crippen molar-refractivity contribution in [2.24, 2.45) is 0 Å². The highest BCUT2D eigenvalue weighted by Crippen LogP contribution is 2.21. The summed E-state index contributed by atoms with van der Waals surface area (Å²) in [5.74, 6) is 4.32. The summed E-state index contributed by atoms with van der Waals surface area (Å²) in [6.07, 6.45) is 5.16. The van der Waals surface area contributed by atoms with Crippen LogP contribution >= 0.6 is 0 Å². The van der Waals surface area contributed by atoms with Gasteiger partial charge in [-0.3, -0.25) is 4.98 Å². The lowest BCUT2D eigenvalue weighted by molar-refractivity contribution is 0.308. The van der Waals surface area contributed by atoms with Crippen molar-refractivity contribution in [3.05, 3.63) is 107 Å². The molecule has 0 radical (unpaired) electrons. The molecule has 4 aromatic rings. The van der Waals surface area contributed by atoms with E-state index in [1.807, 2.05) is 18.2 Å². The Bertz CT molecular complexity index is 1350. The Morgan fingerprint density at radius 2 is 1.74 bits per heavy atom. The molecule has 0 aliphatic heterocycles. The van der Waals surface area contributed by atoms with E-state index >= 15 is 0 Å². The topological polar surface area (TPSA) is 22.1 Å². The van der Waals surface area contributed by atoms with E-state index in [0.29, 0.717) is 30.4 Å². The molecule has 34 heavy (non-hydrogen) atoms. The molecule has 0 bridgehead atoms. The molecule has 0 amide bonds. The molecular formula is C29H24F3NO. The smallest absolute Gasteiger partial charge is 0.166 e. The average Bonchev–Trinajstić information content (AvgIpc) is 2.85. The first kappa shape index (κ1) is 23.4. The number of nitrogens with zero attached hydrogens (tertiary/aromatic N) is 1. The van der Waals surface area contributed by atoms with Gasteiger partial charge in [0.15, 0.2) is 11.6 Å². The fraction of sp³-hybridized carbons (Fsp3) is 0.207. The molecule has 0 saturated carbocycles. The van der Waals surface area contributed by atoms with Gasteiger partial charge in [-0.25, -0.2) is 13.2 Å². The van der Waals surface area contributed by atoms with Crippen LogP contribution in [0.5, 0.6) is 5.75 Å². The SMILES string of the molecule is CCCCOc1ccc(CCc2ccc(C#Cc3ccc4c(F)c(F)ccc4c3)c(F)c2)nc1. The van der Waals surface area contributed by atoms with Crippen LogP contribution in [0.25, 0.3) is 10.8 Å². The molecule has 0 saturated heterocycles. The summed E-state index contributed by atoms with van der Waals surface area (Å²) in [6.45, 7) is 2.80. The Labute approximate surface area is 197 Å². The second-order valence-corrected chi connectivity index (χ2v) is 8.05. The molecular weight excluding hydrogens is 435 g/mol. The molecule has 5 heteroatoms. The second-order valence-electron chi connectivity index (χ2n) is 8.05. The molecule has 0 fully saturated rings. The molecule has 2 nitrogen and oxygen atoms in total. The fourth-order valence-corrected chi connectivity index (χ4v) is 3.55. The summed E-state index contributed by atoms with van der Waals surface area (Å²) in [5, 5.41) is 0.727.